The first-order valence-corrected chi connectivity index (χ1v) is 4.92. The zero-order chi connectivity index (χ0) is 11.3. The maximum absolute atomic E-state index is 10.4. The van der Waals surface area contributed by atoms with Crippen LogP contribution < -0.4 is 0 Å². The fraction of sp³-hybridized carbons (Fsp3) is 0.700. The predicted molar refractivity (Wildman–Crippen MR) is 52.3 cm³/mol. The van der Waals surface area contributed by atoms with Crippen molar-refractivity contribution in [2.75, 3.05) is 13.2 Å². The standard InChI is InChI=1S/C10H16O5/c1-8(11)2-4-10(5-3-9(12)13)14-6-7-15-10/h3,5,8,11H,2,4,6-7H2,1H3,(H,12,13). The summed E-state index contributed by atoms with van der Waals surface area (Å²) in [6.45, 7) is 2.57. The molecule has 0 bridgehead atoms. The van der Waals surface area contributed by atoms with E-state index in [1.165, 1.54) is 6.08 Å². The van der Waals surface area contributed by atoms with Crippen molar-refractivity contribution in [3.63, 3.8) is 0 Å². The highest BCUT2D eigenvalue weighted by atomic mass is 16.7. The molecule has 5 heteroatoms. The largest absolute Gasteiger partial charge is 0.478 e. The number of aliphatic hydroxyl groups is 1. The number of aliphatic carboxylic acids is 1. The molecule has 5 nitrogen and oxygen atoms in total. The van der Waals surface area contributed by atoms with Crippen LogP contribution in [0.15, 0.2) is 12.2 Å². The Kier molecular flexibility index (Phi) is 4.26. The molecule has 0 aromatic rings. The van der Waals surface area contributed by atoms with E-state index < -0.39 is 17.9 Å². The molecule has 1 fully saturated rings. The van der Waals surface area contributed by atoms with Gasteiger partial charge in [-0.25, -0.2) is 4.79 Å². The summed E-state index contributed by atoms with van der Waals surface area (Å²) in [5.74, 6) is -2.00. The third kappa shape index (κ3) is 3.99. The monoisotopic (exact) mass is 216 g/mol. The van der Waals surface area contributed by atoms with Crippen LogP contribution in [0, 0.1) is 0 Å². The number of carboxylic acid groups (broad SMARTS) is 1. The highest BCUT2D eigenvalue weighted by Gasteiger charge is 2.33. The Labute approximate surface area is 88.3 Å². The first kappa shape index (κ1) is 12.2. The number of carbonyl (C=O) groups is 1. The summed E-state index contributed by atoms with van der Waals surface area (Å²) in [4.78, 5) is 10.4. The van der Waals surface area contributed by atoms with Crippen LogP contribution in [0.5, 0.6) is 0 Å². The minimum absolute atomic E-state index is 0.448. The zero-order valence-corrected chi connectivity index (χ0v) is 8.68. The third-order valence-electron chi connectivity index (χ3n) is 2.17. The van der Waals surface area contributed by atoms with E-state index >= 15 is 0 Å². The maximum Gasteiger partial charge on any atom is 0.328 e. The van der Waals surface area contributed by atoms with Gasteiger partial charge in [0.25, 0.3) is 0 Å². The first-order valence-electron chi connectivity index (χ1n) is 4.92. The lowest BCUT2D eigenvalue weighted by Gasteiger charge is -2.23. The van der Waals surface area contributed by atoms with Gasteiger partial charge in [0.05, 0.1) is 19.3 Å². The summed E-state index contributed by atoms with van der Waals surface area (Å²) in [6.07, 6.45) is 2.91. The van der Waals surface area contributed by atoms with Crippen molar-refractivity contribution in [2.24, 2.45) is 0 Å². The van der Waals surface area contributed by atoms with Gasteiger partial charge in [0, 0.05) is 12.5 Å². The molecule has 0 aliphatic carbocycles. The Morgan fingerprint density at radius 3 is 2.60 bits per heavy atom. The Hall–Kier alpha value is -0.910. The van der Waals surface area contributed by atoms with Gasteiger partial charge in [-0.1, -0.05) is 0 Å². The highest BCUT2D eigenvalue weighted by molar-refractivity contribution is 5.79. The molecular weight excluding hydrogens is 200 g/mol. The molecule has 1 aliphatic heterocycles. The van der Waals surface area contributed by atoms with Crippen LogP contribution in [-0.4, -0.2) is 41.3 Å². The summed E-state index contributed by atoms with van der Waals surface area (Å²) in [7, 11) is 0. The SMILES string of the molecule is CC(O)CCC1(C=CC(=O)O)OCCO1. The second-order valence-electron chi connectivity index (χ2n) is 3.57. The van der Waals surface area contributed by atoms with Gasteiger partial charge in [-0.15, -0.1) is 0 Å². The average Bonchev–Trinajstić information content (AvgIpc) is 2.61. The van der Waals surface area contributed by atoms with Crippen LogP contribution in [0.25, 0.3) is 0 Å². The van der Waals surface area contributed by atoms with Crippen molar-refractivity contribution >= 4 is 5.97 Å². The Morgan fingerprint density at radius 1 is 1.53 bits per heavy atom. The van der Waals surface area contributed by atoms with Crippen molar-refractivity contribution < 1.29 is 24.5 Å². The van der Waals surface area contributed by atoms with E-state index in [1.54, 1.807) is 6.92 Å². The van der Waals surface area contributed by atoms with Gasteiger partial charge in [0.15, 0.2) is 5.79 Å². The van der Waals surface area contributed by atoms with E-state index in [0.29, 0.717) is 26.1 Å². The Bertz CT molecular complexity index is 240. The zero-order valence-electron chi connectivity index (χ0n) is 8.68. The lowest BCUT2D eigenvalue weighted by Crippen LogP contribution is -2.28. The molecule has 15 heavy (non-hydrogen) atoms. The molecule has 0 radical (unpaired) electrons. The molecule has 0 aromatic carbocycles. The van der Waals surface area contributed by atoms with Gasteiger partial charge in [0.1, 0.15) is 0 Å². The van der Waals surface area contributed by atoms with Gasteiger partial charge in [-0.3, -0.25) is 0 Å². The second-order valence-corrected chi connectivity index (χ2v) is 3.57. The number of hydrogen-bond acceptors (Lipinski definition) is 4. The van der Waals surface area contributed by atoms with E-state index in [-0.39, 0.29) is 0 Å². The van der Waals surface area contributed by atoms with Crippen LogP contribution in [0.1, 0.15) is 19.8 Å². The minimum atomic E-state index is -1.04. The molecule has 1 saturated heterocycles. The quantitative estimate of drug-likeness (QED) is 0.656. The molecule has 1 unspecified atom stereocenters. The molecule has 2 N–H and O–H groups in total. The molecule has 1 atom stereocenters. The van der Waals surface area contributed by atoms with Crippen molar-refractivity contribution in [2.45, 2.75) is 31.7 Å². The second kappa shape index (κ2) is 5.25. The van der Waals surface area contributed by atoms with Gasteiger partial charge in [0.2, 0.25) is 0 Å². The van der Waals surface area contributed by atoms with E-state index in [4.69, 9.17) is 19.7 Å². The molecule has 0 aromatic heterocycles. The average molecular weight is 216 g/mol. The van der Waals surface area contributed by atoms with Gasteiger partial charge in [-0.2, -0.15) is 0 Å². The fourth-order valence-corrected chi connectivity index (χ4v) is 1.40. The number of rotatable bonds is 5. The highest BCUT2D eigenvalue weighted by Crippen LogP contribution is 2.27. The van der Waals surface area contributed by atoms with E-state index in [2.05, 4.69) is 0 Å². The number of ether oxygens (including phenoxy) is 2. The predicted octanol–water partition coefficient (Wildman–Crippen LogP) is 0.531. The van der Waals surface area contributed by atoms with E-state index in [9.17, 15) is 4.79 Å². The normalized spacial score (nSPS) is 22.0. The summed E-state index contributed by atoms with van der Waals surface area (Å²) >= 11 is 0. The van der Waals surface area contributed by atoms with Crippen molar-refractivity contribution in [1.82, 2.24) is 0 Å². The molecule has 0 spiro atoms. The van der Waals surface area contributed by atoms with Gasteiger partial charge < -0.3 is 19.7 Å². The number of hydrogen-bond donors (Lipinski definition) is 2. The smallest absolute Gasteiger partial charge is 0.328 e. The third-order valence-corrected chi connectivity index (χ3v) is 2.17. The summed E-state index contributed by atoms with van der Waals surface area (Å²) in [5, 5.41) is 17.7. The summed E-state index contributed by atoms with van der Waals surface area (Å²) in [5.41, 5.74) is 0. The summed E-state index contributed by atoms with van der Waals surface area (Å²) < 4.78 is 10.7. The molecule has 1 aliphatic rings. The lowest BCUT2D eigenvalue weighted by atomic mass is 10.1. The van der Waals surface area contributed by atoms with E-state index in [1.807, 2.05) is 0 Å². The Balaban J connectivity index is 2.57. The molecule has 0 amide bonds. The molecule has 1 rings (SSSR count). The molecule has 0 saturated carbocycles. The Morgan fingerprint density at radius 2 is 2.13 bits per heavy atom. The van der Waals surface area contributed by atoms with Gasteiger partial charge in [-0.05, 0) is 19.4 Å². The lowest BCUT2D eigenvalue weighted by molar-refractivity contribution is -0.134. The maximum atomic E-state index is 10.4. The van der Waals surface area contributed by atoms with Crippen molar-refractivity contribution in [3.05, 3.63) is 12.2 Å². The first-order chi connectivity index (χ1) is 7.04. The van der Waals surface area contributed by atoms with Crippen LogP contribution >= 0.6 is 0 Å². The van der Waals surface area contributed by atoms with Gasteiger partial charge >= 0.3 is 5.97 Å². The topological polar surface area (TPSA) is 76.0 Å². The summed E-state index contributed by atoms with van der Waals surface area (Å²) in [6, 6.07) is 0. The van der Waals surface area contributed by atoms with Crippen LogP contribution in [0.2, 0.25) is 0 Å². The van der Waals surface area contributed by atoms with Crippen molar-refractivity contribution in [1.29, 1.82) is 0 Å². The van der Waals surface area contributed by atoms with Crippen LogP contribution in [0.4, 0.5) is 0 Å². The number of aliphatic hydroxyl groups excluding tert-OH is 1. The van der Waals surface area contributed by atoms with E-state index in [0.717, 1.165) is 6.08 Å². The number of carboxylic acids is 1. The molecule has 1 heterocycles. The van der Waals surface area contributed by atoms with Crippen molar-refractivity contribution in [3.8, 4) is 0 Å². The van der Waals surface area contributed by atoms with Crippen LogP contribution in [-0.2, 0) is 14.3 Å². The fourth-order valence-electron chi connectivity index (χ4n) is 1.40. The molecule has 86 valence electrons. The minimum Gasteiger partial charge on any atom is -0.478 e. The van der Waals surface area contributed by atoms with Crippen LogP contribution in [0.3, 0.4) is 0 Å². The molecular formula is C10H16O5.